The summed E-state index contributed by atoms with van der Waals surface area (Å²) in [5.41, 5.74) is 3.98. The van der Waals surface area contributed by atoms with E-state index in [0.29, 0.717) is 28.4 Å². The molecule has 0 atom stereocenters. The Labute approximate surface area is 123 Å². The van der Waals surface area contributed by atoms with Gasteiger partial charge >= 0.3 is 0 Å². The quantitative estimate of drug-likeness (QED) is 0.740. The third-order valence-electron chi connectivity index (χ3n) is 3.76. The molecule has 0 bridgehead atoms. The average molecular weight is 284 g/mol. The second kappa shape index (κ2) is 4.81. The molecule has 1 aliphatic carbocycles. The molecule has 0 radical (unpaired) electrons. The summed E-state index contributed by atoms with van der Waals surface area (Å²) in [5, 5.41) is 0. The molecular weight excluding hydrogens is 268 g/mol. The molecule has 0 fully saturated rings. The number of ether oxygens (including phenoxy) is 3. The van der Waals surface area contributed by atoms with Crippen LogP contribution in [-0.4, -0.2) is 27.1 Å². The van der Waals surface area contributed by atoms with Crippen molar-refractivity contribution < 1.29 is 19.0 Å². The van der Waals surface area contributed by atoms with E-state index in [-0.39, 0.29) is 5.78 Å². The van der Waals surface area contributed by atoms with Crippen LogP contribution >= 0.6 is 0 Å². The van der Waals surface area contributed by atoms with E-state index >= 15 is 0 Å². The molecule has 21 heavy (non-hydrogen) atoms. The SMILES string of the molecule is COc1cc2c(c(OC)c1OC)-c1ccc(C)cc1C2=O. The van der Waals surface area contributed by atoms with Crippen LogP contribution in [0, 0.1) is 6.92 Å². The Morgan fingerprint density at radius 1 is 0.810 bits per heavy atom. The van der Waals surface area contributed by atoms with Crippen molar-refractivity contribution >= 4 is 5.78 Å². The van der Waals surface area contributed by atoms with E-state index in [1.165, 1.54) is 0 Å². The number of aryl methyl sites for hydroxylation is 1. The van der Waals surface area contributed by atoms with Gasteiger partial charge in [-0.05, 0) is 24.6 Å². The second-order valence-corrected chi connectivity index (χ2v) is 4.95. The fourth-order valence-electron chi connectivity index (χ4n) is 2.81. The summed E-state index contributed by atoms with van der Waals surface area (Å²) in [4.78, 5) is 12.6. The van der Waals surface area contributed by atoms with Crippen LogP contribution in [-0.2, 0) is 0 Å². The standard InChI is InChI=1S/C17H16O4/c1-9-5-6-10-11(7-9)15(18)12-8-13(19-2)16(20-3)17(21-4)14(10)12/h5-8H,1-4H3. The summed E-state index contributed by atoms with van der Waals surface area (Å²) in [6, 6.07) is 7.55. The topological polar surface area (TPSA) is 44.8 Å². The highest BCUT2D eigenvalue weighted by Crippen LogP contribution is 2.51. The van der Waals surface area contributed by atoms with Gasteiger partial charge in [-0.25, -0.2) is 0 Å². The molecule has 0 saturated carbocycles. The van der Waals surface area contributed by atoms with E-state index < -0.39 is 0 Å². The van der Waals surface area contributed by atoms with Crippen LogP contribution in [0.2, 0.25) is 0 Å². The fraction of sp³-hybridized carbons (Fsp3) is 0.235. The van der Waals surface area contributed by atoms with Crippen molar-refractivity contribution in [1.29, 1.82) is 0 Å². The highest BCUT2D eigenvalue weighted by molar-refractivity contribution is 6.23. The molecule has 0 spiro atoms. The number of benzene rings is 2. The molecule has 4 nitrogen and oxygen atoms in total. The summed E-state index contributed by atoms with van der Waals surface area (Å²) in [6.45, 7) is 1.97. The molecule has 0 aromatic heterocycles. The maximum atomic E-state index is 12.6. The van der Waals surface area contributed by atoms with Crippen LogP contribution in [0.25, 0.3) is 11.1 Å². The molecule has 0 N–H and O–H groups in total. The van der Waals surface area contributed by atoms with Crippen molar-refractivity contribution in [2.45, 2.75) is 6.92 Å². The minimum atomic E-state index is -0.0112. The van der Waals surface area contributed by atoms with Gasteiger partial charge in [0, 0.05) is 16.7 Å². The van der Waals surface area contributed by atoms with Gasteiger partial charge in [0.05, 0.1) is 21.3 Å². The van der Waals surface area contributed by atoms with Crippen molar-refractivity contribution in [3.05, 3.63) is 41.0 Å². The predicted molar refractivity (Wildman–Crippen MR) is 79.7 cm³/mol. The van der Waals surface area contributed by atoms with Crippen LogP contribution in [0.5, 0.6) is 17.2 Å². The first-order chi connectivity index (χ1) is 10.1. The first-order valence-corrected chi connectivity index (χ1v) is 6.61. The first kappa shape index (κ1) is 13.5. The summed E-state index contributed by atoms with van der Waals surface area (Å²) in [5.74, 6) is 1.51. The smallest absolute Gasteiger partial charge is 0.203 e. The third-order valence-corrected chi connectivity index (χ3v) is 3.76. The van der Waals surface area contributed by atoms with Crippen LogP contribution in [0.3, 0.4) is 0 Å². The first-order valence-electron chi connectivity index (χ1n) is 6.61. The van der Waals surface area contributed by atoms with Gasteiger partial charge < -0.3 is 14.2 Å². The Hall–Kier alpha value is -2.49. The monoisotopic (exact) mass is 284 g/mol. The Kier molecular flexibility index (Phi) is 3.09. The molecule has 2 aromatic rings. The van der Waals surface area contributed by atoms with Crippen molar-refractivity contribution in [1.82, 2.24) is 0 Å². The molecule has 0 aliphatic heterocycles. The summed E-state index contributed by atoms with van der Waals surface area (Å²) in [6.07, 6.45) is 0. The lowest BCUT2D eigenvalue weighted by molar-refractivity contribution is 0.104. The van der Waals surface area contributed by atoms with E-state index in [4.69, 9.17) is 14.2 Å². The molecule has 1 aliphatic rings. The fourth-order valence-corrected chi connectivity index (χ4v) is 2.81. The van der Waals surface area contributed by atoms with E-state index in [1.54, 1.807) is 27.4 Å². The van der Waals surface area contributed by atoms with E-state index in [0.717, 1.165) is 16.7 Å². The zero-order chi connectivity index (χ0) is 15.1. The molecular formula is C17H16O4. The number of carbonyl (C=O) groups is 1. The van der Waals surface area contributed by atoms with Crippen molar-refractivity contribution in [3.63, 3.8) is 0 Å². The van der Waals surface area contributed by atoms with E-state index in [2.05, 4.69) is 0 Å². The third kappa shape index (κ3) is 1.79. The number of fused-ring (bicyclic) bond motifs is 3. The van der Waals surface area contributed by atoms with Crippen molar-refractivity contribution in [3.8, 4) is 28.4 Å². The van der Waals surface area contributed by atoms with Gasteiger partial charge in [0.15, 0.2) is 17.3 Å². The van der Waals surface area contributed by atoms with Crippen LogP contribution in [0.1, 0.15) is 21.5 Å². The highest BCUT2D eigenvalue weighted by Gasteiger charge is 2.33. The second-order valence-electron chi connectivity index (χ2n) is 4.95. The minimum absolute atomic E-state index is 0.0112. The van der Waals surface area contributed by atoms with Gasteiger partial charge in [-0.1, -0.05) is 17.7 Å². The maximum absolute atomic E-state index is 12.6. The van der Waals surface area contributed by atoms with Crippen LogP contribution < -0.4 is 14.2 Å². The lowest BCUT2D eigenvalue weighted by atomic mass is 10.0. The average Bonchev–Trinajstić information content (AvgIpc) is 2.77. The van der Waals surface area contributed by atoms with Gasteiger partial charge in [0.1, 0.15) is 0 Å². The van der Waals surface area contributed by atoms with Gasteiger partial charge in [-0.15, -0.1) is 0 Å². The van der Waals surface area contributed by atoms with Crippen molar-refractivity contribution in [2.24, 2.45) is 0 Å². The number of hydrogen-bond acceptors (Lipinski definition) is 4. The van der Waals surface area contributed by atoms with Crippen LogP contribution in [0.15, 0.2) is 24.3 Å². The number of rotatable bonds is 3. The molecule has 0 amide bonds. The molecule has 3 rings (SSSR count). The normalized spacial score (nSPS) is 11.9. The Morgan fingerprint density at radius 3 is 2.14 bits per heavy atom. The van der Waals surface area contributed by atoms with E-state index in [9.17, 15) is 4.79 Å². The summed E-state index contributed by atoms with van der Waals surface area (Å²) >= 11 is 0. The zero-order valence-corrected chi connectivity index (χ0v) is 12.4. The van der Waals surface area contributed by atoms with Crippen molar-refractivity contribution in [2.75, 3.05) is 21.3 Å². The largest absolute Gasteiger partial charge is 0.493 e. The lowest BCUT2D eigenvalue weighted by Gasteiger charge is -2.15. The summed E-state index contributed by atoms with van der Waals surface area (Å²) in [7, 11) is 4.66. The molecule has 108 valence electrons. The van der Waals surface area contributed by atoms with Crippen LogP contribution in [0.4, 0.5) is 0 Å². The number of hydrogen-bond donors (Lipinski definition) is 0. The summed E-state index contributed by atoms with van der Waals surface area (Å²) < 4.78 is 16.2. The lowest BCUT2D eigenvalue weighted by Crippen LogP contribution is -2.00. The Balaban J connectivity index is 2.38. The Morgan fingerprint density at radius 2 is 1.52 bits per heavy atom. The zero-order valence-electron chi connectivity index (χ0n) is 12.4. The van der Waals surface area contributed by atoms with Gasteiger partial charge in [0.25, 0.3) is 0 Å². The maximum Gasteiger partial charge on any atom is 0.203 e. The van der Waals surface area contributed by atoms with Gasteiger partial charge in [-0.2, -0.15) is 0 Å². The number of methoxy groups -OCH3 is 3. The molecule has 0 unspecified atom stereocenters. The predicted octanol–water partition coefficient (Wildman–Crippen LogP) is 3.23. The molecule has 2 aromatic carbocycles. The molecule has 4 heteroatoms. The number of carbonyl (C=O) groups excluding carboxylic acids is 1. The molecule has 0 saturated heterocycles. The van der Waals surface area contributed by atoms with E-state index in [1.807, 2.05) is 25.1 Å². The number of ketones is 1. The highest BCUT2D eigenvalue weighted by atomic mass is 16.5. The minimum Gasteiger partial charge on any atom is -0.493 e. The Bertz CT molecular complexity index is 747. The van der Waals surface area contributed by atoms with Gasteiger partial charge in [-0.3, -0.25) is 4.79 Å². The molecule has 0 heterocycles. The van der Waals surface area contributed by atoms with Gasteiger partial charge in [0.2, 0.25) is 5.75 Å².